The van der Waals surface area contributed by atoms with E-state index in [1.165, 1.54) is 0 Å². The van der Waals surface area contributed by atoms with Crippen molar-refractivity contribution in [2.45, 2.75) is 63.0 Å². The Morgan fingerprint density at radius 2 is 1.66 bits per heavy atom. The number of carbonyl (C=O) groups excluding carboxylic acids is 1. The molecule has 0 saturated carbocycles. The van der Waals surface area contributed by atoms with Gasteiger partial charge in [0.1, 0.15) is 11.4 Å². The molecular formula is C25H31NO3. The average Bonchev–Trinajstić information content (AvgIpc) is 2.80. The van der Waals surface area contributed by atoms with E-state index in [1.807, 2.05) is 36.4 Å². The number of rotatable bonds is 5. The highest BCUT2D eigenvalue weighted by Gasteiger charge is 2.45. The molecular weight excluding hydrogens is 362 g/mol. The van der Waals surface area contributed by atoms with Crippen LogP contribution in [0.15, 0.2) is 54.6 Å². The summed E-state index contributed by atoms with van der Waals surface area (Å²) in [5.41, 5.74) is 1.39. The molecule has 154 valence electrons. The van der Waals surface area contributed by atoms with Gasteiger partial charge in [0, 0.05) is 25.2 Å². The van der Waals surface area contributed by atoms with Crippen molar-refractivity contribution in [3.63, 3.8) is 0 Å². The van der Waals surface area contributed by atoms with Gasteiger partial charge >= 0.3 is 0 Å². The molecule has 2 heterocycles. The maximum Gasteiger partial charge on any atom is 0.231 e. The molecule has 2 aromatic carbocycles. The Morgan fingerprint density at radius 3 is 2.34 bits per heavy atom. The van der Waals surface area contributed by atoms with Gasteiger partial charge in [-0.05, 0) is 37.3 Å². The molecule has 2 aromatic rings. The maximum absolute atomic E-state index is 13.8. The van der Waals surface area contributed by atoms with E-state index in [9.17, 15) is 4.79 Å². The maximum atomic E-state index is 13.8. The molecule has 0 radical (unpaired) electrons. The molecule has 29 heavy (non-hydrogen) atoms. The van der Waals surface area contributed by atoms with E-state index in [0.717, 1.165) is 36.1 Å². The predicted octanol–water partition coefficient (Wildman–Crippen LogP) is 4.93. The third-order valence-electron chi connectivity index (χ3n) is 6.90. The zero-order valence-electron chi connectivity index (χ0n) is 17.4. The molecule has 1 saturated heterocycles. The molecule has 1 atom stereocenters. The van der Waals surface area contributed by atoms with Crippen LogP contribution in [0, 0.1) is 0 Å². The number of para-hydroxylation sites is 1. The monoisotopic (exact) mass is 393 g/mol. The fourth-order valence-corrected chi connectivity index (χ4v) is 4.85. The smallest absolute Gasteiger partial charge is 0.231 e. The van der Waals surface area contributed by atoms with E-state index in [-0.39, 0.29) is 17.6 Å². The van der Waals surface area contributed by atoms with Crippen molar-refractivity contribution in [2.24, 2.45) is 0 Å². The van der Waals surface area contributed by atoms with Gasteiger partial charge in [-0.3, -0.25) is 4.79 Å². The van der Waals surface area contributed by atoms with Crippen LogP contribution in [0.2, 0.25) is 0 Å². The fraction of sp³-hybridized carbons (Fsp3) is 0.480. The predicted molar refractivity (Wildman–Crippen MR) is 114 cm³/mol. The lowest BCUT2D eigenvalue weighted by Gasteiger charge is -2.43. The summed E-state index contributed by atoms with van der Waals surface area (Å²) in [6.07, 6.45) is 4.05. The van der Waals surface area contributed by atoms with Gasteiger partial charge < -0.3 is 14.8 Å². The standard InChI is InChI=1S/C25H31NO3/c1-3-24(4-2)18-21(20-12-8-9-13-22(20)29-24)26-23(27)25(14-16-28-17-15-25)19-10-6-5-7-11-19/h5-13,21H,3-4,14-18H2,1-2H3,(H,26,27)/t21-/m1/s1. The Balaban J connectivity index is 1.67. The van der Waals surface area contributed by atoms with Gasteiger partial charge in [-0.15, -0.1) is 0 Å². The molecule has 4 heteroatoms. The van der Waals surface area contributed by atoms with Crippen LogP contribution in [0.25, 0.3) is 0 Å². The molecule has 4 nitrogen and oxygen atoms in total. The van der Waals surface area contributed by atoms with Crippen LogP contribution in [-0.4, -0.2) is 24.7 Å². The molecule has 0 unspecified atom stereocenters. The Hall–Kier alpha value is -2.33. The lowest BCUT2D eigenvalue weighted by Crippen LogP contribution is -2.51. The highest BCUT2D eigenvalue weighted by atomic mass is 16.5. The van der Waals surface area contributed by atoms with Crippen LogP contribution in [-0.2, 0) is 14.9 Å². The van der Waals surface area contributed by atoms with Crippen molar-refractivity contribution in [1.82, 2.24) is 5.32 Å². The average molecular weight is 394 g/mol. The second kappa shape index (κ2) is 8.19. The first kappa shape index (κ1) is 20.0. The van der Waals surface area contributed by atoms with Crippen LogP contribution in [0.4, 0.5) is 0 Å². The highest BCUT2D eigenvalue weighted by molar-refractivity contribution is 5.88. The summed E-state index contributed by atoms with van der Waals surface area (Å²) in [6, 6.07) is 18.3. The minimum atomic E-state index is -0.534. The summed E-state index contributed by atoms with van der Waals surface area (Å²) in [4.78, 5) is 13.8. The number of hydrogen-bond acceptors (Lipinski definition) is 3. The first-order chi connectivity index (χ1) is 14.1. The van der Waals surface area contributed by atoms with E-state index in [1.54, 1.807) is 0 Å². The molecule has 0 aromatic heterocycles. The van der Waals surface area contributed by atoms with E-state index in [0.29, 0.717) is 26.1 Å². The molecule has 0 aliphatic carbocycles. The van der Waals surface area contributed by atoms with Crippen LogP contribution >= 0.6 is 0 Å². The Kier molecular flexibility index (Phi) is 5.64. The molecule has 2 aliphatic heterocycles. The molecule has 2 aliphatic rings. The van der Waals surface area contributed by atoms with Crippen molar-refractivity contribution in [3.05, 3.63) is 65.7 Å². The third-order valence-corrected chi connectivity index (χ3v) is 6.90. The summed E-state index contributed by atoms with van der Waals surface area (Å²) >= 11 is 0. The van der Waals surface area contributed by atoms with Gasteiger partial charge in [0.2, 0.25) is 5.91 Å². The second-order valence-corrected chi connectivity index (χ2v) is 8.32. The van der Waals surface area contributed by atoms with Gasteiger partial charge in [-0.1, -0.05) is 62.4 Å². The van der Waals surface area contributed by atoms with Crippen molar-refractivity contribution in [2.75, 3.05) is 13.2 Å². The van der Waals surface area contributed by atoms with Crippen LogP contribution in [0.5, 0.6) is 5.75 Å². The molecule has 0 bridgehead atoms. The highest BCUT2D eigenvalue weighted by Crippen LogP contribution is 2.44. The minimum Gasteiger partial charge on any atom is -0.487 e. The first-order valence-electron chi connectivity index (χ1n) is 10.8. The minimum absolute atomic E-state index is 0.0456. The topological polar surface area (TPSA) is 47.6 Å². The number of nitrogens with one attached hydrogen (secondary N) is 1. The Morgan fingerprint density at radius 1 is 1.00 bits per heavy atom. The summed E-state index contributed by atoms with van der Waals surface area (Å²) in [5.74, 6) is 1.00. The summed E-state index contributed by atoms with van der Waals surface area (Å²) < 4.78 is 12.0. The second-order valence-electron chi connectivity index (χ2n) is 8.32. The van der Waals surface area contributed by atoms with Gasteiger partial charge in [0.15, 0.2) is 0 Å². The third kappa shape index (κ3) is 3.66. The molecule has 1 fully saturated rings. The van der Waals surface area contributed by atoms with E-state index >= 15 is 0 Å². The van der Waals surface area contributed by atoms with Crippen LogP contribution < -0.4 is 10.1 Å². The van der Waals surface area contributed by atoms with E-state index in [2.05, 4.69) is 37.4 Å². The SMILES string of the molecule is CCC1(CC)C[C@@H](NC(=O)C2(c3ccccc3)CCOCC2)c2ccccc2O1. The number of ether oxygens (including phenoxy) is 2. The van der Waals surface area contributed by atoms with Gasteiger partial charge in [-0.2, -0.15) is 0 Å². The van der Waals surface area contributed by atoms with Crippen LogP contribution in [0.1, 0.15) is 63.1 Å². The lowest BCUT2D eigenvalue weighted by atomic mass is 9.73. The number of hydrogen-bond donors (Lipinski definition) is 1. The van der Waals surface area contributed by atoms with Gasteiger partial charge in [0.25, 0.3) is 0 Å². The van der Waals surface area contributed by atoms with Gasteiger partial charge in [-0.25, -0.2) is 0 Å². The number of amides is 1. The van der Waals surface area contributed by atoms with Crippen molar-refractivity contribution < 1.29 is 14.3 Å². The van der Waals surface area contributed by atoms with Crippen molar-refractivity contribution in [3.8, 4) is 5.75 Å². The summed E-state index contributed by atoms with van der Waals surface area (Å²) in [6.45, 7) is 5.56. The zero-order chi connectivity index (χ0) is 20.3. The molecule has 0 spiro atoms. The first-order valence-corrected chi connectivity index (χ1v) is 10.8. The normalized spacial score (nSPS) is 22.2. The molecule has 1 amide bonds. The molecule has 1 N–H and O–H groups in total. The quantitative estimate of drug-likeness (QED) is 0.783. The summed E-state index contributed by atoms with van der Waals surface area (Å²) in [5, 5.41) is 3.43. The van der Waals surface area contributed by atoms with E-state index < -0.39 is 5.41 Å². The number of benzene rings is 2. The number of fused-ring (bicyclic) bond motifs is 1. The fourth-order valence-electron chi connectivity index (χ4n) is 4.85. The Bertz CT molecular complexity index is 838. The largest absolute Gasteiger partial charge is 0.487 e. The van der Waals surface area contributed by atoms with E-state index in [4.69, 9.17) is 9.47 Å². The van der Waals surface area contributed by atoms with Crippen molar-refractivity contribution >= 4 is 5.91 Å². The lowest BCUT2D eigenvalue weighted by molar-refractivity contribution is -0.132. The molecule has 4 rings (SSSR count). The zero-order valence-corrected chi connectivity index (χ0v) is 17.4. The summed E-state index contributed by atoms with van der Waals surface area (Å²) in [7, 11) is 0. The number of carbonyl (C=O) groups is 1. The van der Waals surface area contributed by atoms with Gasteiger partial charge in [0.05, 0.1) is 11.5 Å². The van der Waals surface area contributed by atoms with Crippen LogP contribution in [0.3, 0.4) is 0 Å². The Labute approximate surface area is 173 Å². The van der Waals surface area contributed by atoms with Crippen molar-refractivity contribution in [1.29, 1.82) is 0 Å².